The van der Waals surface area contributed by atoms with Gasteiger partial charge < -0.3 is 16.3 Å². The van der Waals surface area contributed by atoms with Gasteiger partial charge in [-0.25, -0.2) is 0 Å². The Balaban J connectivity index is 3.96. The third kappa shape index (κ3) is 5.32. The second-order valence-electron chi connectivity index (χ2n) is 4.63. The maximum absolute atomic E-state index is 8.50. The van der Waals surface area contributed by atoms with Gasteiger partial charge in [0, 0.05) is 25.2 Å². The summed E-state index contributed by atoms with van der Waals surface area (Å²) in [5.41, 5.74) is 5.48. The van der Waals surface area contributed by atoms with Gasteiger partial charge >= 0.3 is 0 Å². The van der Waals surface area contributed by atoms with E-state index in [4.69, 9.17) is 10.9 Å². The van der Waals surface area contributed by atoms with Gasteiger partial charge in [0.15, 0.2) is 5.84 Å². The molecule has 0 aromatic rings. The zero-order valence-electron chi connectivity index (χ0n) is 11.1. The standard InChI is InChI=1S/C11H26N4O/c1-8(2)15(9(3)4)7-6-13-10(5)11(12)14-16/h8-10,13,16H,6-7H2,1-5H3,(H2,12,14). The van der Waals surface area contributed by atoms with Crippen molar-refractivity contribution >= 4 is 5.84 Å². The van der Waals surface area contributed by atoms with Gasteiger partial charge in [-0.15, -0.1) is 0 Å². The number of hydrogen-bond acceptors (Lipinski definition) is 4. The molecule has 0 heterocycles. The van der Waals surface area contributed by atoms with Crippen molar-refractivity contribution in [2.24, 2.45) is 10.9 Å². The quantitative estimate of drug-likeness (QED) is 0.262. The largest absolute Gasteiger partial charge is 0.409 e. The maximum atomic E-state index is 8.50. The second-order valence-corrected chi connectivity index (χ2v) is 4.63. The van der Waals surface area contributed by atoms with E-state index in [0.717, 1.165) is 13.1 Å². The minimum atomic E-state index is -0.0915. The van der Waals surface area contributed by atoms with Crippen LogP contribution in [0.15, 0.2) is 5.16 Å². The highest BCUT2D eigenvalue weighted by Crippen LogP contribution is 2.03. The third-order valence-corrected chi connectivity index (χ3v) is 2.71. The molecule has 0 aliphatic carbocycles. The Kier molecular flexibility index (Phi) is 7.08. The number of rotatable bonds is 7. The van der Waals surface area contributed by atoms with Gasteiger partial charge in [0.2, 0.25) is 0 Å². The summed E-state index contributed by atoms with van der Waals surface area (Å²) in [6.07, 6.45) is 0. The molecule has 0 amide bonds. The molecule has 0 aromatic heterocycles. The van der Waals surface area contributed by atoms with Gasteiger partial charge in [-0.3, -0.25) is 4.90 Å². The van der Waals surface area contributed by atoms with Gasteiger partial charge in [0.05, 0.1) is 6.04 Å². The Morgan fingerprint density at radius 2 is 1.75 bits per heavy atom. The minimum Gasteiger partial charge on any atom is -0.409 e. The van der Waals surface area contributed by atoms with Gasteiger partial charge in [-0.1, -0.05) is 5.16 Å². The van der Waals surface area contributed by atoms with Gasteiger partial charge in [0.1, 0.15) is 0 Å². The lowest BCUT2D eigenvalue weighted by atomic mass is 10.2. The van der Waals surface area contributed by atoms with Crippen molar-refractivity contribution in [3.8, 4) is 0 Å². The summed E-state index contributed by atoms with van der Waals surface area (Å²) in [6, 6.07) is 0.966. The molecule has 0 aliphatic rings. The molecular formula is C11H26N4O. The van der Waals surface area contributed by atoms with Crippen LogP contribution >= 0.6 is 0 Å². The SMILES string of the molecule is CC(NCCN(C(C)C)C(C)C)C(N)=NO. The normalized spacial score (nSPS) is 15.1. The van der Waals surface area contributed by atoms with Crippen molar-refractivity contribution in [2.75, 3.05) is 13.1 Å². The number of amidine groups is 1. The minimum absolute atomic E-state index is 0.0915. The fraction of sp³-hybridized carbons (Fsp3) is 0.909. The van der Waals surface area contributed by atoms with Crippen molar-refractivity contribution in [2.45, 2.75) is 52.7 Å². The Bertz CT molecular complexity index is 208. The molecule has 16 heavy (non-hydrogen) atoms. The molecule has 0 saturated carbocycles. The summed E-state index contributed by atoms with van der Waals surface area (Å²) in [5, 5.41) is 14.7. The first kappa shape index (κ1) is 15.2. The van der Waals surface area contributed by atoms with Crippen molar-refractivity contribution in [1.29, 1.82) is 0 Å². The fourth-order valence-electron chi connectivity index (χ4n) is 1.71. The van der Waals surface area contributed by atoms with Gasteiger partial charge in [-0.05, 0) is 34.6 Å². The maximum Gasteiger partial charge on any atom is 0.156 e. The smallest absolute Gasteiger partial charge is 0.156 e. The van der Waals surface area contributed by atoms with Crippen LogP contribution in [0.4, 0.5) is 0 Å². The summed E-state index contributed by atoms with van der Waals surface area (Å²) >= 11 is 0. The molecule has 0 aromatic carbocycles. The summed E-state index contributed by atoms with van der Waals surface area (Å²) in [6.45, 7) is 12.4. The highest BCUT2D eigenvalue weighted by atomic mass is 16.4. The zero-order chi connectivity index (χ0) is 12.7. The number of nitrogens with zero attached hydrogens (tertiary/aromatic N) is 2. The average Bonchev–Trinajstić information content (AvgIpc) is 2.21. The van der Waals surface area contributed by atoms with Crippen molar-refractivity contribution in [3.05, 3.63) is 0 Å². The average molecular weight is 230 g/mol. The Morgan fingerprint density at radius 3 is 2.12 bits per heavy atom. The number of nitrogens with two attached hydrogens (primary N) is 1. The predicted octanol–water partition coefficient (Wildman–Crippen LogP) is 0.830. The summed E-state index contributed by atoms with van der Waals surface area (Å²) in [4.78, 5) is 2.39. The highest BCUT2D eigenvalue weighted by molar-refractivity contribution is 5.84. The summed E-state index contributed by atoms with van der Waals surface area (Å²) in [5.74, 6) is 0.223. The van der Waals surface area contributed by atoms with Crippen LogP contribution in [0.5, 0.6) is 0 Å². The van der Waals surface area contributed by atoms with E-state index in [1.807, 2.05) is 6.92 Å². The molecule has 0 fully saturated rings. The van der Waals surface area contributed by atoms with Crippen LogP contribution in [0.2, 0.25) is 0 Å². The second kappa shape index (κ2) is 7.46. The lowest BCUT2D eigenvalue weighted by Gasteiger charge is -2.30. The number of nitrogens with one attached hydrogen (secondary N) is 1. The third-order valence-electron chi connectivity index (χ3n) is 2.71. The van der Waals surface area contributed by atoms with E-state index in [0.29, 0.717) is 12.1 Å². The van der Waals surface area contributed by atoms with E-state index in [2.05, 4.69) is 43.1 Å². The van der Waals surface area contributed by atoms with Crippen molar-refractivity contribution in [3.63, 3.8) is 0 Å². The number of oxime groups is 1. The van der Waals surface area contributed by atoms with Crippen LogP contribution in [0, 0.1) is 0 Å². The molecule has 4 N–H and O–H groups in total. The van der Waals surface area contributed by atoms with Gasteiger partial charge in [0.25, 0.3) is 0 Å². The van der Waals surface area contributed by atoms with Gasteiger partial charge in [-0.2, -0.15) is 0 Å². The molecule has 5 nitrogen and oxygen atoms in total. The van der Waals surface area contributed by atoms with E-state index in [1.54, 1.807) is 0 Å². The molecule has 1 atom stereocenters. The Labute approximate surface area is 98.7 Å². The van der Waals surface area contributed by atoms with Crippen molar-refractivity contribution in [1.82, 2.24) is 10.2 Å². The first-order valence-corrected chi connectivity index (χ1v) is 5.86. The first-order valence-electron chi connectivity index (χ1n) is 5.86. The summed E-state index contributed by atoms with van der Waals surface area (Å²) in [7, 11) is 0. The van der Waals surface area contributed by atoms with Crippen LogP contribution in [0.1, 0.15) is 34.6 Å². The molecular weight excluding hydrogens is 204 g/mol. The molecule has 96 valence electrons. The Morgan fingerprint density at radius 1 is 1.25 bits per heavy atom. The monoisotopic (exact) mass is 230 g/mol. The Hall–Kier alpha value is -0.810. The van der Waals surface area contributed by atoms with E-state index < -0.39 is 0 Å². The summed E-state index contributed by atoms with van der Waals surface area (Å²) < 4.78 is 0. The van der Waals surface area contributed by atoms with E-state index >= 15 is 0 Å². The van der Waals surface area contributed by atoms with Crippen LogP contribution in [-0.2, 0) is 0 Å². The molecule has 0 bridgehead atoms. The van der Waals surface area contributed by atoms with Crippen LogP contribution in [0.25, 0.3) is 0 Å². The molecule has 1 unspecified atom stereocenters. The lowest BCUT2D eigenvalue weighted by Crippen LogP contribution is -2.45. The highest BCUT2D eigenvalue weighted by Gasteiger charge is 2.13. The molecule has 5 heteroatoms. The van der Waals surface area contributed by atoms with E-state index in [9.17, 15) is 0 Å². The zero-order valence-corrected chi connectivity index (χ0v) is 11.1. The first-order chi connectivity index (χ1) is 7.40. The molecule has 0 spiro atoms. The predicted molar refractivity (Wildman–Crippen MR) is 67.9 cm³/mol. The molecule has 0 aliphatic heterocycles. The fourth-order valence-corrected chi connectivity index (χ4v) is 1.71. The molecule has 0 rings (SSSR count). The van der Waals surface area contributed by atoms with Crippen LogP contribution in [-0.4, -0.2) is 47.2 Å². The molecule has 0 radical (unpaired) electrons. The number of hydrogen-bond donors (Lipinski definition) is 3. The van der Waals surface area contributed by atoms with E-state index in [-0.39, 0.29) is 11.9 Å². The van der Waals surface area contributed by atoms with Crippen LogP contribution < -0.4 is 11.1 Å². The van der Waals surface area contributed by atoms with Crippen molar-refractivity contribution < 1.29 is 5.21 Å². The molecule has 0 saturated heterocycles. The van der Waals surface area contributed by atoms with E-state index in [1.165, 1.54) is 0 Å². The topological polar surface area (TPSA) is 73.9 Å². The lowest BCUT2D eigenvalue weighted by molar-refractivity contribution is 0.175. The van der Waals surface area contributed by atoms with Crippen LogP contribution in [0.3, 0.4) is 0 Å².